The average Bonchev–Trinajstić information content (AvgIpc) is 2.99. The number of benzene rings is 1. The fourth-order valence-electron chi connectivity index (χ4n) is 4.14. The molecule has 5 nitrogen and oxygen atoms in total. The number of halogens is 3. The van der Waals surface area contributed by atoms with Crippen molar-refractivity contribution >= 4 is 5.91 Å². The zero-order valence-corrected chi connectivity index (χ0v) is 20.1. The van der Waals surface area contributed by atoms with Crippen LogP contribution >= 0.6 is 0 Å². The largest absolute Gasteiger partial charge is 0.416 e. The van der Waals surface area contributed by atoms with Crippen LogP contribution in [0.15, 0.2) is 41.3 Å². The Labute approximate surface area is 197 Å². The van der Waals surface area contributed by atoms with Gasteiger partial charge >= 0.3 is 6.18 Å². The highest BCUT2D eigenvalue weighted by atomic mass is 19.4. The summed E-state index contributed by atoms with van der Waals surface area (Å²) in [4.78, 5) is 28.4. The summed E-state index contributed by atoms with van der Waals surface area (Å²) in [6.45, 7) is 10.1. The molecule has 3 aromatic rings. The topological polar surface area (TPSA) is 66.9 Å². The van der Waals surface area contributed by atoms with E-state index < -0.39 is 11.7 Å². The molecule has 0 aliphatic rings. The third kappa shape index (κ3) is 5.79. The number of aromatic nitrogens is 2. The maximum absolute atomic E-state index is 13.0. The summed E-state index contributed by atoms with van der Waals surface area (Å²) in [7, 11) is 0. The SMILES string of the molecule is Cc1cn(Cc2ccc(C(F)(F)F)cc2)c(C)c1C(=O)NCc1c(C)cc(CC(C)C)[nH]c1=O. The van der Waals surface area contributed by atoms with Crippen LogP contribution in [0.4, 0.5) is 13.2 Å². The fourth-order valence-corrected chi connectivity index (χ4v) is 4.14. The minimum absolute atomic E-state index is 0.102. The lowest BCUT2D eigenvalue weighted by Crippen LogP contribution is -2.29. The van der Waals surface area contributed by atoms with E-state index >= 15 is 0 Å². The molecular formula is C26H30F3N3O2. The maximum Gasteiger partial charge on any atom is 0.416 e. The number of pyridine rings is 1. The smallest absolute Gasteiger partial charge is 0.348 e. The lowest BCUT2D eigenvalue weighted by Gasteiger charge is -2.12. The highest BCUT2D eigenvalue weighted by molar-refractivity contribution is 5.96. The van der Waals surface area contributed by atoms with E-state index in [-0.39, 0.29) is 18.0 Å². The second-order valence-electron chi connectivity index (χ2n) is 9.16. The zero-order valence-electron chi connectivity index (χ0n) is 20.1. The van der Waals surface area contributed by atoms with E-state index in [4.69, 9.17) is 0 Å². The molecule has 1 amide bonds. The first-order chi connectivity index (χ1) is 15.9. The van der Waals surface area contributed by atoms with Crippen molar-refractivity contribution in [1.29, 1.82) is 0 Å². The van der Waals surface area contributed by atoms with Gasteiger partial charge in [-0.2, -0.15) is 13.2 Å². The Morgan fingerprint density at radius 1 is 1.09 bits per heavy atom. The quantitative estimate of drug-likeness (QED) is 0.489. The molecule has 3 rings (SSSR count). The van der Waals surface area contributed by atoms with Crippen molar-refractivity contribution in [2.75, 3.05) is 0 Å². The number of hydrogen-bond acceptors (Lipinski definition) is 2. The van der Waals surface area contributed by atoms with Gasteiger partial charge in [0, 0.05) is 36.2 Å². The van der Waals surface area contributed by atoms with Crippen LogP contribution in [0, 0.1) is 26.7 Å². The van der Waals surface area contributed by atoms with Crippen LogP contribution in [0.1, 0.15) is 63.4 Å². The molecular weight excluding hydrogens is 443 g/mol. The first-order valence-electron chi connectivity index (χ1n) is 11.2. The maximum atomic E-state index is 13.0. The molecule has 0 saturated heterocycles. The van der Waals surface area contributed by atoms with Crippen molar-refractivity contribution in [3.63, 3.8) is 0 Å². The summed E-state index contributed by atoms with van der Waals surface area (Å²) in [6, 6.07) is 6.94. The number of H-pyrrole nitrogens is 1. The number of nitrogens with zero attached hydrogens (tertiary/aromatic N) is 1. The van der Waals surface area contributed by atoms with Crippen LogP contribution in [-0.2, 0) is 25.7 Å². The molecule has 8 heteroatoms. The molecule has 0 saturated carbocycles. The second-order valence-corrected chi connectivity index (χ2v) is 9.16. The van der Waals surface area contributed by atoms with Gasteiger partial charge in [0.15, 0.2) is 0 Å². The van der Waals surface area contributed by atoms with Crippen LogP contribution in [0.3, 0.4) is 0 Å². The summed E-state index contributed by atoms with van der Waals surface area (Å²) in [6.07, 6.45) is -1.80. The predicted octanol–water partition coefficient (Wildman–Crippen LogP) is 5.30. The van der Waals surface area contributed by atoms with Crippen molar-refractivity contribution < 1.29 is 18.0 Å². The molecule has 1 aromatic carbocycles. The number of hydrogen-bond donors (Lipinski definition) is 2. The Bertz CT molecular complexity index is 1240. The van der Waals surface area contributed by atoms with Crippen LogP contribution in [-0.4, -0.2) is 15.5 Å². The summed E-state index contributed by atoms with van der Waals surface area (Å²) >= 11 is 0. The van der Waals surface area contributed by atoms with E-state index in [2.05, 4.69) is 24.1 Å². The van der Waals surface area contributed by atoms with E-state index in [1.54, 1.807) is 13.1 Å². The Hall–Kier alpha value is -3.29. The van der Waals surface area contributed by atoms with Crippen LogP contribution in [0.25, 0.3) is 0 Å². The molecule has 0 radical (unpaired) electrons. The highest BCUT2D eigenvalue weighted by Gasteiger charge is 2.30. The molecule has 0 spiro atoms. The van der Waals surface area contributed by atoms with E-state index in [0.717, 1.165) is 35.4 Å². The van der Waals surface area contributed by atoms with Gasteiger partial charge in [0.05, 0.1) is 11.1 Å². The minimum atomic E-state index is -4.38. The molecule has 2 N–H and O–H groups in total. The van der Waals surface area contributed by atoms with E-state index in [1.807, 2.05) is 24.5 Å². The third-order valence-corrected chi connectivity index (χ3v) is 5.87. The summed E-state index contributed by atoms with van der Waals surface area (Å²) < 4.78 is 40.2. The third-order valence-electron chi connectivity index (χ3n) is 5.87. The fraction of sp³-hybridized carbons (Fsp3) is 0.385. The monoisotopic (exact) mass is 473 g/mol. The second kappa shape index (κ2) is 9.91. The lowest BCUT2D eigenvalue weighted by atomic mass is 10.0. The molecule has 0 bridgehead atoms. The Morgan fingerprint density at radius 3 is 2.29 bits per heavy atom. The van der Waals surface area contributed by atoms with E-state index in [9.17, 15) is 22.8 Å². The van der Waals surface area contributed by atoms with Gasteiger partial charge in [0.1, 0.15) is 0 Å². The Balaban J connectivity index is 1.74. The molecule has 34 heavy (non-hydrogen) atoms. The standard InChI is InChI=1S/C26H30F3N3O2/c1-15(2)10-21-11-16(3)22(24(33)31-21)12-30-25(34)23-17(4)13-32(18(23)5)14-19-6-8-20(9-7-19)26(27,28)29/h6-9,11,13,15H,10,12,14H2,1-5H3,(H,30,34)(H,31,33). The molecule has 0 unspecified atom stereocenters. The molecule has 2 aromatic heterocycles. The number of nitrogens with one attached hydrogen (secondary N) is 2. The van der Waals surface area contributed by atoms with Crippen molar-refractivity contribution in [3.8, 4) is 0 Å². The van der Waals surface area contributed by atoms with Gasteiger partial charge in [0.2, 0.25) is 0 Å². The molecule has 0 atom stereocenters. The van der Waals surface area contributed by atoms with Crippen LogP contribution in [0.2, 0.25) is 0 Å². The van der Waals surface area contributed by atoms with Gasteiger partial charge in [-0.05, 0) is 68.0 Å². The lowest BCUT2D eigenvalue weighted by molar-refractivity contribution is -0.137. The Kier molecular flexibility index (Phi) is 7.38. The normalized spacial score (nSPS) is 11.8. The molecule has 182 valence electrons. The minimum Gasteiger partial charge on any atom is -0.348 e. The number of carbonyl (C=O) groups is 1. The number of rotatable bonds is 7. The van der Waals surface area contributed by atoms with Crippen molar-refractivity contribution in [2.45, 2.75) is 60.3 Å². The van der Waals surface area contributed by atoms with Crippen molar-refractivity contribution in [1.82, 2.24) is 14.9 Å². The van der Waals surface area contributed by atoms with Crippen molar-refractivity contribution in [2.24, 2.45) is 5.92 Å². The van der Waals surface area contributed by atoms with E-state index in [0.29, 0.717) is 34.8 Å². The number of carbonyl (C=O) groups excluding carboxylic acids is 1. The predicted molar refractivity (Wildman–Crippen MR) is 126 cm³/mol. The van der Waals surface area contributed by atoms with Gasteiger partial charge in [-0.25, -0.2) is 0 Å². The zero-order chi connectivity index (χ0) is 25.2. The summed E-state index contributed by atoms with van der Waals surface area (Å²) in [5.41, 5.74) is 3.96. The van der Waals surface area contributed by atoms with Crippen LogP contribution in [0.5, 0.6) is 0 Å². The number of aryl methyl sites for hydroxylation is 2. The first-order valence-corrected chi connectivity index (χ1v) is 11.2. The summed E-state index contributed by atoms with van der Waals surface area (Å²) in [5.74, 6) is 0.115. The van der Waals surface area contributed by atoms with Crippen molar-refractivity contribution in [3.05, 3.63) is 91.7 Å². The van der Waals surface area contributed by atoms with Gasteiger partial charge in [0.25, 0.3) is 11.5 Å². The first kappa shape index (κ1) is 25.3. The van der Waals surface area contributed by atoms with Gasteiger partial charge in [-0.3, -0.25) is 9.59 Å². The van der Waals surface area contributed by atoms with Crippen LogP contribution < -0.4 is 10.9 Å². The van der Waals surface area contributed by atoms with Gasteiger partial charge < -0.3 is 14.9 Å². The molecule has 2 heterocycles. The van der Waals surface area contributed by atoms with E-state index in [1.165, 1.54) is 12.1 Å². The average molecular weight is 474 g/mol. The number of aromatic amines is 1. The highest BCUT2D eigenvalue weighted by Crippen LogP contribution is 2.29. The molecule has 0 aliphatic carbocycles. The Morgan fingerprint density at radius 2 is 1.74 bits per heavy atom. The number of alkyl halides is 3. The molecule has 0 aliphatic heterocycles. The molecule has 0 fully saturated rings. The summed E-state index contributed by atoms with van der Waals surface area (Å²) in [5, 5.41) is 2.84. The van der Waals surface area contributed by atoms with Gasteiger partial charge in [-0.1, -0.05) is 26.0 Å². The number of amides is 1. The van der Waals surface area contributed by atoms with Gasteiger partial charge in [-0.15, -0.1) is 0 Å².